The molecule has 3 unspecified atom stereocenters. The Bertz CT molecular complexity index is 502. The smallest absolute Gasteiger partial charge is 0.0497 e. The van der Waals surface area contributed by atoms with Gasteiger partial charge in [-0.15, -0.1) is 0 Å². The van der Waals surface area contributed by atoms with Crippen LogP contribution in [0.2, 0.25) is 0 Å². The summed E-state index contributed by atoms with van der Waals surface area (Å²) in [5.74, 6) is 1.37. The van der Waals surface area contributed by atoms with Crippen molar-refractivity contribution < 1.29 is 9.47 Å². The third-order valence-corrected chi connectivity index (χ3v) is 5.50. The van der Waals surface area contributed by atoms with Crippen molar-refractivity contribution in [3.8, 4) is 0 Å². The van der Waals surface area contributed by atoms with Gasteiger partial charge in [0.2, 0.25) is 0 Å². The van der Waals surface area contributed by atoms with Gasteiger partial charge in [-0.05, 0) is 73.5 Å². The minimum atomic E-state index is 0.413. The first-order chi connectivity index (χ1) is 11.3. The average Bonchev–Trinajstić information content (AvgIpc) is 3.00. The molecule has 3 nitrogen and oxygen atoms in total. The van der Waals surface area contributed by atoms with Crippen molar-refractivity contribution in [2.45, 2.75) is 56.9 Å². The van der Waals surface area contributed by atoms with Crippen LogP contribution in [-0.2, 0) is 22.3 Å². The maximum absolute atomic E-state index is 6.07. The molecule has 1 aromatic carbocycles. The Morgan fingerprint density at radius 2 is 2.04 bits per heavy atom. The summed E-state index contributed by atoms with van der Waals surface area (Å²) in [6.45, 7) is 2.50. The molecule has 3 rings (SSSR count). The molecule has 2 N–H and O–H groups in total. The van der Waals surface area contributed by atoms with E-state index in [0.717, 1.165) is 32.7 Å². The highest BCUT2D eigenvalue weighted by molar-refractivity contribution is 5.36. The van der Waals surface area contributed by atoms with Gasteiger partial charge in [0.1, 0.15) is 0 Å². The first-order valence-electron chi connectivity index (χ1n) is 9.20. The number of hydrogen-bond donors (Lipinski definition) is 1. The highest BCUT2D eigenvalue weighted by Gasteiger charge is 2.25. The van der Waals surface area contributed by atoms with Gasteiger partial charge < -0.3 is 15.2 Å². The molecule has 2 aliphatic rings. The zero-order chi connectivity index (χ0) is 16.1. The third kappa shape index (κ3) is 4.56. The number of benzene rings is 1. The lowest BCUT2D eigenvalue weighted by atomic mass is 9.82. The summed E-state index contributed by atoms with van der Waals surface area (Å²) < 4.78 is 10.9. The molecule has 128 valence electrons. The van der Waals surface area contributed by atoms with Crippen molar-refractivity contribution in [1.82, 2.24) is 0 Å². The van der Waals surface area contributed by atoms with Gasteiger partial charge >= 0.3 is 0 Å². The van der Waals surface area contributed by atoms with Crippen LogP contribution in [0.1, 0.15) is 54.7 Å². The average molecular weight is 317 g/mol. The molecule has 3 heteroatoms. The minimum absolute atomic E-state index is 0.413. The van der Waals surface area contributed by atoms with E-state index in [1.165, 1.54) is 43.2 Å². The minimum Gasteiger partial charge on any atom is -0.385 e. The standard InChI is InChI=1S/C20H31NO2/c1-22-9-2-10-23-14-15-3-4-17-12-18(6-5-16(17)11-15)19-7-8-20(21)13-19/h5-6,12,15,19-20H,2-4,7-11,13-14,21H2,1H3. The highest BCUT2D eigenvalue weighted by Crippen LogP contribution is 2.36. The summed E-state index contributed by atoms with van der Waals surface area (Å²) >= 11 is 0. The molecule has 23 heavy (non-hydrogen) atoms. The SMILES string of the molecule is COCCCOCC1CCc2cc(C3CCC(N)C3)ccc2C1. The normalized spacial score (nSPS) is 27.1. The fraction of sp³-hybridized carbons (Fsp3) is 0.700. The van der Waals surface area contributed by atoms with Crippen LogP contribution in [0.5, 0.6) is 0 Å². The van der Waals surface area contributed by atoms with Crippen molar-refractivity contribution in [2.24, 2.45) is 11.7 Å². The second kappa shape index (κ2) is 8.27. The van der Waals surface area contributed by atoms with E-state index >= 15 is 0 Å². The van der Waals surface area contributed by atoms with E-state index < -0.39 is 0 Å². The second-order valence-corrected chi connectivity index (χ2v) is 7.33. The predicted molar refractivity (Wildman–Crippen MR) is 93.8 cm³/mol. The van der Waals surface area contributed by atoms with E-state index in [1.54, 1.807) is 12.7 Å². The number of hydrogen-bond acceptors (Lipinski definition) is 3. The van der Waals surface area contributed by atoms with Gasteiger partial charge in [-0.25, -0.2) is 0 Å². The molecule has 0 heterocycles. The van der Waals surface area contributed by atoms with Crippen molar-refractivity contribution >= 4 is 0 Å². The topological polar surface area (TPSA) is 44.5 Å². The molecule has 0 spiro atoms. The molecule has 0 bridgehead atoms. The fourth-order valence-corrected chi connectivity index (χ4v) is 4.12. The lowest BCUT2D eigenvalue weighted by molar-refractivity contribution is 0.0750. The van der Waals surface area contributed by atoms with Crippen LogP contribution in [0.3, 0.4) is 0 Å². The molecule has 1 aromatic rings. The Labute approximate surface area is 140 Å². The van der Waals surface area contributed by atoms with E-state index in [2.05, 4.69) is 18.2 Å². The predicted octanol–water partition coefficient (Wildman–Crippen LogP) is 3.44. The lowest BCUT2D eigenvalue weighted by Gasteiger charge is -2.26. The molecular formula is C20H31NO2. The first kappa shape index (κ1) is 16.9. The summed E-state index contributed by atoms with van der Waals surface area (Å²) in [5, 5.41) is 0. The Morgan fingerprint density at radius 1 is 1.13 bits per heavy atom. The summed E-state index contributed by atoms with van der Waals surface area (Å²) in [6, 6.07) is 7.60. The van der Waals surface area contributed by atoms with E-state index in [1.807, 2.05) is 0 Å². The monoisotopic (exact) mass is 317 g/mol. The molecule has 0 amide bonds. The van der Waals surface area contributed by atoms with Gasteiger partial charge in [-0.3, -0.25) is 0 Å². The number of rotatable bonds is 7. The van der Waals surface area contributed by atoms with E-state index in [-0.39, 0.29) is 0 Å². The Balaban J connectivity index is 1.51. The highest BCUT2D eigenvalue weighted by atomic mass is 16.5. The molecule has 1 saturated carbocycles. The summed E-state index contributed by atoms with van der Waals surface area (Å²) in [7, 11) is 1.74. The molecule has 0 aliphatic heterocycles. The van der Waals surface area contributed by atoms with Crippen molar-refractivity contribution in [1.29, 1.82) is 0 Å². The Hall–Kier alpha value is -0.900. The summed E-state index contributed by atoms with van der Waals surface area (Å²) in [5.41, 5.74) is 10.7. The fourth-order valence-electron chi connectivity index (χ4n) is 4.12. The van der Waals surface area contributed by atoms with Gasteiger partial charge in [0.05, 0.1) is 0 Å². The quantitative estimate of drug-likeness (QED) is 0.784. The van der Waals surface area contributed by atoms with Crippen LogP contribution in [0.15, 0.2) is 18.2 Å². The van der Waals surface area contributed by atoms with Crippen LogP contribution in [-0.4, -0.2) is 33.0 Å². The van der Waals surface area contributed by atoms with Crippen LogP contribution >= 0.6 is 0 Å². The molecule has 0 radical (unpaired) electrons. The van der Waals surface area contributed by atoms with Crippen LogP contribution in [0, 0.1) is 5.92 Å². The van der Waals surface area contributed by atoms with Gasteiger partial charge in [0.15, 0.2) is 0 Å². The van der Waals surface area contributed by atoms with Crippen molar-refractivity contribution in [3.63, 3.8) is 0 Å². The molecule has 2 aliphatic carbocycles. The van der Waals surface area contributed by atoms with Crippen molar-refractivity contribution in [3.05, 3.63) is 34.9 Å². The van der Waals surface area contributed by atoms with Crippen LogP contribution < -0.4 is 5.73 Å². The van der Waals surface area contributed by atoms with E-state index in [4.69, 9.17) is 15.2 Å². The van der Waals surface area contributed by atoms with Gasteiger partial charge in [-0.1, -0.05) is 18.2 Å². The summed E-state index contributed by atoms with van der Waals surface area (Å²) in [4.78, 5) is 0. The maximum Gasteiger partial charge on any atom is 0.0497 e. The van der Waals surface area contributed by atoms with Gasteiger partial charge in [0.25, 0.3) is 0 Å². The number of nitrogens with two attached hydrogens (primary N) is 1. The van der Waals surface area contributed by atoms with E-state index in [9.17, 15) is 0 Å². The summed E-state index contributed by atoms with van der Waals surface area (Å²) in [6.07, 6.45) is 8.23. The molecular weight excluding hydrogens is 286 g/mol. The van der Waals surface area contributed by atoms with E-state index in [0.29, 0.717) is 17.9 Å². The van der Waals surface area contributed by atoms with Gasteiger partial charge in [0, 0.05) is 33.0 Å². The van der Waals surface area contributed by atoms with Crippen LogP contribution in [0.4, 0.5) is 0 Å². The zero-order valence-electron chi connectivity index (χ0n) is 14.4. The molecule has 0 saturated heterocycles. The van der Waals surface area contributed by atoms with Crippen LogP contribution in [0.25, 0.3) is 0 Å². The Kier molecular flexibility index (Phi) is 6.09. The second-order valence-electron chi connectivity index (χ2n) is 7.33. The number of fused-ring (bicyclic) bond motifs is 1. The zero-order valence-corrected chi connectivity index (χ0v) is 14.4. The van der Waals surface area contributed by atoms with Crippen molar-refractivity contribution in [2.75, 3.05) is 26.9 Å². The largest absolute Gasteiger partial charge is 0.385 e. The Morgan fingerprint density at radius 3 is 2.83 bits per heavy atom. The lowest BCUT2D eigenvalue weighted by Crippen LogP contribution is -2.20. The number of ether oxygens (including phenoxy) is 2. The first-order valence-corrected chi connectivity index (χ1v) is 9.20. The molecule has 3 atom stereocenters. The number of methoxy groups -OCH3 is 1. The third-order valence-electron chi connectivity index (χ3n) is 5.50. The number of aryl methyl sites for hydroxylation is 1. The maximum atomic E-state index is 6.07. The van der Waals surface area contributed by atoms with Gasteiger partial charge in [-0.2, -0.15) is 0 Å². The molecule has 1 fully saturated rings. The molecule has 0 aromatic heterocycles.